The molecule has 0 saturated carbocycles. The summed E-state index contributed by atoms with van der Waals surface area (Å²) >= 11 is 0. The van der Waals surface area contributed by atoms with E-state index in [1.54, 1.807) is 7.11 Å². The smallest absolute Gasteiger partial charge is 0.178 e. The summed E-state index contributed by atoms with van der Waals surface area (Å²) in [7, 11) is 1.70. The first-order valence-electron chi connectivity index (χ1n) is 12.9. The standard InChI is InChI=1S/C35H28O2/c1-23-11-14-25(15-12-23)35(26-16-18-27(36-2)19-17-26)22-21-31-29-9-5-6-10-30(29)33-28-8-4-3-7-24(28)13-20-32(33)34(31)37-35/h3-12,14-19,21-22H,13,20H2,1-2H3. The third kappa shape index (κ3) is 3.33. The largest absolute Gasteiger partial charge is 0.497 e. The molecule has 37 heavy (non-hydrogen) atoms. The lowest BCUT2D eigenvalue weighted by molar-refractivity contribution is 0.159. The summed E-state index contributed by atoms with van der Waals surface area (Å²) in [5.41, 5.74) is 9.22. The number of hydrogen-bond donors (Lipinski definition) is 0. The number of rotatable bonds is 3. The Hall–Kier alpha value is -4.30. The highest BCUT2D eigenvalue weighted by Crippen LogP contribution is 2.51. The molecule has 0 amide bonds. The van der Waals surface area contributed by atoms with Crippen LogP contribution < -0.4 is 9.47 Å². The lowest BCUT2D eigenvalue weighted by atomic mass is 9.78. The van der Waals surface area contributed by atoms with Crippen molar-refractivity contribution >= 4 is 16.8 Å². The lowest BCUT2D eigenvalue weighted by Crippen LogP contribution is -2.35. The highest BCUT2D eigenvalue weighted by Gasteiger charge is 2.39. The van der Waals surface area contributed by atoms with Gasteiger partial charge in [0.05, 0.1) is 7.11 Å². The van der Waals surface area contributed by atoms with Crippen molar-refractivity contribution in [3.8, 4) is 22.6 Å². The average molecular weight is 481 g/mol. The van der Waals surface area contributed by atoms with E-state index < -0.39 is 5.60 Å². The van der Waals surface area contributed by atoms with Crippen LogP contribution in [0.3, 0.4) is 0 Å². The maximum absolute atomic E-state index is 7.30. The van der Waals surface area contributed by atoms with Crippen LogP contribution >= 0.6 is 0 Å². The second-order valence-corrected chi connectivity index (χ2v) is 10.1. The van der Waals surface area contributed by atoms with Crippen molar-refractivity contribution in [2.75, 3.05) is 7.11 Å². The van der Waals surface area contributed by atoms with Gasteiger partial charge in [-0.25, -0.2) is 0 Å². The molecule has 180 valence electrons. The van der Waals surface area contributed by atoms with Gasteiger partial charge in [0.1, 0.15) is 11.5 Å². The van der Waals surface area contributed by atoms with Crippen LogP contribution in [0.15, 0.2) is 103 Å². The van der Waals surface area contributed by atoms with Gasteiger partial charge < -0.3 is 9.47 Å². The van der Waals surface area contributed by atoms with Gasteiger partial charge in [-0.3, -0.25) is 0 Å². The SMILES string of the molecule is COc1ccc(C2(c3ccc(C)cc3)C=Cc3c(c4c(c5ccccc35)-c3ccccc3CC4)O2)cc1. The Bertz CT molecular complexity index is 1680. The molecule has 0 N–H and O–H groups in total. The molecule has 2 nitrogen and oxygen atoms in total. The van der Waals surface area contributed by atoms with Crippen LogP contribution in [-0.2, 0) is 18.4 Å². The Morgan fingerprint density at radius 3 is 2.16 bits per heavy atom. The van der Waals surface area contributed by atoms with Crippen molar-refractivity contribution in [3.05, 3.63) is 137 Å². The average Bonchev–Trinajstić information content (AvgIpc) is 2.97. The number of aryl methyl sites for hydroxylation is 2. The minimum absolute atomic E-state index is 0.736. The van der Waals surface area contributed by atoms with Crippen molar-refractivity contribution in [1.29, 1.82) is 0 Å². The van der Waals surface area contributed by atoms with E-state index in [-0.39, 0.29) is 0 Å². The molecule has 2 heteroatoms. The summed E-state index contributed by atoms with van der Waals surface area (Å²) in [6, 6.07) is 34.6. The van der Waals surface area contributed by atoms with E-state index in [4.69, 9.17) is 9.47 Å². The molecule has 1 aliphatic heterocycles. The summed E-state index contributed by atoms with van der Waals surface area (Å²) in [6.45, 7) is 2.12. The van der Waals surface area contributed by atoms with E-state index in [0.29, 0.717) is 0 Å². The number of hydrogen-bond acceptors (Lipinski definition) is 2. The third-order valence-electron chi connectivity index (χ3n) is 7.99. The van der Waals surface area contributed by atoms with Crippen LogP contribution in [0.2, 0.25) is 0 Å². The normalized spacial score (nSPS) is 17.5. The number of benzene rings is 5. The molecule has 5 aromatic carbocycles. The molecule has 0 bridgehead atoms. The first-order chi connectivity index (χ1) is 18.2. The molecule has 0 radical (unpaired) electrons. The van der Waals surface area contributed by atoms with Crippen LogP contribution in [0.5, 0.6) is 11.5 Å². The summed E-state index contributed by atoms with van der Waals surface area (Å²) < 4.78 is 12.8. The third-order valence-corrected chi connectivity index (χ3v) is 7.99. The highest BCUT2D eigenvalue weighted by atomic mass is 16.5. The van der Waals surface area contributed by atoms with Gasteiger partial charge in [0.25, 0.3) is 0 Å². The Morgan fingerprint density at radius 2 is 1.41 bits per heavy atom. The van der Waals surface area contributed by atoms with Crippen LogP contribution in [0.4, 0.5) is 0 Å². The van der Waals surface area contributed by atoms with E-state index in [1.165, 1.54) is 44.2 Å². The van der Waals surface area contributed by atoms with Crippen LogP contribution in [0.25, 0.3) is 28.0 Å². The summed E-state index contributed by atoms with van der Waals surface area (Å²) in [6.07, 6.45) is 6.49. The molecule has 1 aliphatic carbocycles. The van der Waals surface area contributed by atoms with Gasteiger partial charge in [0, 0.05) is 22.3 Å². The van der Waals surface area contributed by atoms with Crippen molar-refractivity contribution < 1.29 is 9.47 Å². The Labute approximate surface area is 217 Å². The van der Waals surface area contributed by atoms with E-state index in [9.17, 15) is 0 Å². The molecule has 5 aromatic rings. The number of fused-ring (bicyclic) bond motifs is 8. The molecular weight excluding hydrogens is 452 g/mol. The predicted molar refractivity (Wildman–Crippen MR) is 151 cm³/mol. The summed E-state index contributed by atoms with van der Waals surface area (Å²) in [5, 5.41) is 2.53. The van der Waals surface area contributed by atoms with Crippen molar-refractivity contribution in [3.63, 3.8) is 0 Å². The van der Waals surface area contributed by atoms with Gasteiger partial charge in [-0.1, -0.05) is 90.5 Å². The monoisotopic (exact) mass is 480 g/mol. The fourth-order valence-electron chi connectivity index (χ4n) is 6.08. The molecule has 1 heterocycles. The topological polar surface area (TPSA) is 18.5 Å². The van der Waals surface area contributed by atoms with E-state index in [2.05, 4.69) is 104 Å². The Morgan fingerprint density at radius 1 is 0.730 bits per heavy atom. The zero-order valence-electron chi connectivity index (χ0n) is 21.1. The van der Waals surface area contributed by atoms with Crippen molar-refractivity contribution in [1.82, 2.24) is 0 Å². The second kappa shape index (κ2) is 8.38. The van der Waals surface area contributed by atoms with Gasteiger partial charge in [-0.05, 0) is 71.5 Å². The first-order valence-corrected chi connectivity index (χ1v) is 12.9. The molecule has 1 unspecified atom stereocenters. The maximum atomic E-state index is 7.30. The minimum atomic E-state index is -0.736. The number of ether oxygens (including phenoxy) is 2. The zero-order valence-corrected chi connectivity index (χ0v) is 21.1. The maximum Gasteiger partial charge on any atom is 0.178 e. The molecule has 2 aliphatic rings. The zero-order chi connectivity index (χ0) is 25.0. The molecule has 0 aromatic heterocycles. The first kappa shape index (κ1) is 21.9. The van der Waals surface area contributed by atoms with Crippen molar-refractivity contribution in [2.24, 2.45) is 0 Å². The summed E-state index contributed by atoms with van der Waals surface area (Å²) in [5.74, 6) is 1.84. The Balaban J connectivity index is 1.52. The summed E-state index contributed by atoms with van der Waals surface area (Å²) in [4.78, 5) is 0. The second-order valence-electron chi connectivity index (χ2n) is 10.1. The van der Waals surface area contributed by atoms with E-state index in [0.717, 1.165) is 35.5 Å². The van der Waals surface area contributed by atoms with Gasteiger partial charge >= 0.3 is 0 Å². The molecule has 0 spiro atoms. The fraction of sp³-hybridized carbons (Fsp3) is 0.143. The molecule has 0 fully saturated rings. The van der Waals surface area contributed by atoms with Crippen LogP contribution in [-0.4, -0.2) is 7.11 Å². The Kier molecular flexibility index (Phi) is 4.97. The lowest BCUT2D eigenvalue weighted by Gasteiger charge is -2.39. The van der Waals surface area contributed by atoms with Gasteiger partial charge in [0.2, 0.25) is 0 Å². The highest BCUT2D eigenvalue weighted by molar-refractivity contribution is 6.06. The quantitative estimate of drug-likeness (QED) is 0.259. The molecule has 0 saturated heterocycles. The van der Waals surface area contributed by atoms with E-state index in [1.807, 2.05) is 12.1 Å². The predicted octanol–water partition coefficient (Wildman–Crippen LogP) is 8.27. The number of methoxy groups -OCH3 is 1. The fourth-order valence-corrected chi connectivity index (χ4v) is 6.08. The van der Waals surface area contributed by atoms with Crippen LogP contribution in [0, 0.1) is 6.92 Å². The molecular formula is C35H28O2. The van der Waals surface area contributed by atoms with Gasteiger partial charge in [-0.15, -0.1) is 0 Å². The van der Waals surface area contributed by atoms with Gasteiger partial charge in [0.15, 0.2) is 5.60 Å². The molecule has 1 atom stereocenters. The van der Waals surface area contributed by atoms with Crippen molar-refractivity contribution in [2.45, 2.75) is 25.4 Å². The van der Waals surface area contributed by atoms with Crippen LogP contribution in [0.1, 0.15) is 33.4 Å². The molecule has 7 rings (SSSR count). The minimum Gasteiger partial charge on any atom is -0.497 e. The van der Waals surface area contributed by atoms with Gasteiger partial charge in [-0.2, -0.15) is 0 Å². The van der Waals surface area contributed by atoms with E-state index >= 15 is 0 Å².